The average Bonchev–Trinajstić information content (AvgIpc) is 3.22. The maximum absolute atomic E-state index is 13.5. The Bertz CT molecular complexity index is 1470. The first-order chi connectivity index (χ1) is 20.1. The van der Waals surface area contributed by atoms with Crippen molar-refractivity contribution in [2.45, 2.75) is 51.2 Å². The first-order valence-corrected chi connectivity index (χ1v) is 14.0. The van der Waals surface area contributed by atoms with E-state index >= 15 is 0 Å². The summed E-state index contributed by atoms with van der Waals surface area (Å²) in [6, 6.07) is 17.1. The van der Waals surface area contributed by atoms with Crippen LogP contribution in [0, 0.1) is 5.92 Å². The van der Waals surface area contributed by atoms with Crippen molar-refractivity contribution < 1.29 is 29.1 Å². The van der Waals surface area contributed by atoms with Crippen LogP contribution >= 0.6 is 0 Å². The van der Waals surface area contributed by atoms with Crippen LogP contribution in [0.1, 0.15) is 53.0 Å². The Balaban J connectivity index is 1.46. The molecule has 220 valence electrons. The van der Waals surface area contributed by atoms with Crippen molar-refractivity contribution in [3.63, 3.8) is 0 Å². The molecule has 3 atom stereocenters. The predicted octanol–water partition coefficient (Wildman–Crippen LogP) is 2.76. The van der Waals surface area contributed by atoms with Crippen LogP contribution in [0.25, 0.3) is 10.8 Å². The predicted molar refractivity (Wildman–Crippen MR) is 158 cm³/mol. The third-order valence-corrected chi connectivity index (χ3v) is 7.38. The van der Waals surface area contributed by atoms with Gasteiger partial charge in [0.2, 0.25) is 11.8 Å². The van der Waals surface area contributed by atoms with Gasteiger partial charge in [-0.25, -0.2) is 0 Å². The van der Waals surface area contributed by atoms with Crippen LogP contribution in [0.2, 0.25) is 0 Å². The van der Waals surface area contributed by atoms with Gasteiger partial charge in [0, 0.05) is 20.0 Å². The molecule has 4 N–H and O–H groups in total. The fourth-order valence-electron chi connectivity index (χ4n) is 5.20. The van der Waals surface area contributed by atoms with E-state index in [1.54, 1.807) is 24.3 Å². The minimum atomic E-state index is -1.22. The molecule has 0 spiro atoms. The standard InChI is InChI=1S/C32H36N4O6/c1-19(2)16-26(34-25(32(41)42)14-15-36-30(39)23-10-6-7-11-24(23)31(36)40)29(38)35-27(28(37)33-3)18-20-12-13-21-8-4-5-9-22(21)17-20/h4-13,17,19,25-27,34H,14-16,18H2,1-3H3,(H,33,37)(H,35,38)(H,41,42)/t25?,26-,27-/m0/s1. The lowest BCUT2D eigenvalue weighted by molar-refractivity contribution is -0.140. The van der Waals surface area contributed by atoms with Crippen LogP contribution in [0.15, 0.2) is 66.7 Å². The molecule has 4 rings (SSSR count). The van der Waals surface area contributed by atoms with Gasteiger partial charge in [0.25, 0.3) is 11.8 Å². The van der Waals surface area contributed by atoms with Gasteiger partial charge in [0.1, 0.15) is 12.1 Å². The van der Waals surface area contributed by atoms with Gasteiger partial charge in [-0.3, -0.25) is 34.2 Å². The number of fused-ring (bicyclic) bond motifs is 2. The van der Waals surface area contributed by atoms with Gasteiger partial charge in [-0.05, 0) is 47.2 Å². The summed E-state index contributed by atoms with van der Waals surface area (Å²) in [5.74, 6) is -3.02. The van der Waals surface area contributed by atoms with Gasteiger partial charge < -0.3 is 15.7 Å². The van der Waals surface area contributed by atoms with Crippen molar-refractivity contribution in [3.8, 4) is 0 Å². The summed E-state index contributed by atoms with van der Waals surface area (Å²) in [6.07, 6.45) is 0.449. The molecule has 10 nitrogen and oxygen atoms in total. The number of carbonyl (C=O) groups is 5. The van der Waals surface area contributed by atoms with Gasteiger partial charge in [0.15, 0.2) is 0 Å². The van der Waals surface area contributed by atoms with Gasteiger partial charge in [0.05, 0.1) is 17.2 Å². The topological polar surface area (TPSA) is 145 Å². The van der Waals surface area contributed by atoms with Crippen molar-refractivity contribution in [2.24, 2.45) is 5.92 Å². The second-order valence-corrected chi connectivity index (χ2v) is 10.9. The number of hydrogen-bond donors (Lipinski definition) is 4. The highest BCUT2D eigenvalue weighted by molar-refractivity contribution is 6.21. The van der Waals surface area contributed by atoms with E-state index in [1.807, 2.05) is 56.3 Å². The molecule has 1 aliphatic heterocycles. The quantitative estimate of drug-likeness (QED) is 0.231. The third kappa shape index (κ3) is 7.01. The summed E-state index contributed by atoms with van der Waals surface area (Å²) >= 11 is 0. The Kier molecular flexibility index (Phi) is 9.69. The molecule has 0 aliphatic carbocycles. The number of hydrogen-bond acceptors (Lipinski definition) is 6. The Labute approximate surface area is 244 Å². The van der Waals surface area contributed by atoms with Crippen LogP contribution in [0.4, 0.5) is 0 Å². The maximum Gasteiger partial charge on any atom is 0.320 e. The fourth-order valence-corrected chi connectivity index (χ4v) is 5.20. The van der Waals surface area contributed by atoms with Crippen LogP contribution in [-0.2, 0) is 20.8 Å². The van der Waals surface area contributed by atoms with Crippen molar-refractivity contribution in [3.05, 3.63) is 83.4 Å². The molecule has 4 amide bonds. The molecule has 0 fully saturated rings. The van der Waals surface area contributed by atoms with E-state index in [-0.39, 0.29) is 42.3 Å². The highest BCUT2D eigenvalue weighted by Crippen LogP contribution is 2.23. The smallest absolute Gasteiger partial charge is 0.320 e. The van der Waals surface area contributed by atoms with Gasteiger partial charge >= 0.3 is 5.97 Å². The monoisotopic (exact) mass is 572 g/mol. The number of amides is 4. The molecule has 3 aromatic carbocycles. The molecule has 0 bridgehead atoms. The number of carboxylic acids is 1. The molecule has 3 aromatic rings. The lowest BCUT2D eigenvalue weighted by Gasteiger charge is -2.27. The highest BCUT2D eigenvalue weighted by atomic mass is 16.4. The van der Waals surface area contributed by atoms with E-state index in [2.05, 4.69) is 16.0 Å². The summed E-state index contributed by atoms with van der Waals surface area (Å²) < 4.78 is 0. The van der Waals surface area contributed by atoms with Gasteiger partial charge in [-0.2, -0.15) is 0 Å². The van der Waals surface area contributed by atoms with E-state index in [9.17, 15) is 29.1 Å². The Morgan fingerprint density at radius 2 is 1.43 bits per heavy atom. The number of rotatable bonds is 13. The maximum atomic E-state index is 13.5. The molecule has 0 saturated heterocycles. The molecule has 0 radical (unpaired) electrons. The molecule has 42 heavy (non-hydrogen) atoms. The molecule has 10 heteroatoms. The summed E-state index contributed by atoms with van der Waals surface area (Å²) in [6.45, 7) is 3.68. The third-order valence-electron chi connectivity index (χ3n) is 7.38. The molecule has 1 heterocycles. The van der Waals surface area contributed by atoms with Crippen molar-refractivity contribution >= 4 is 40.4 Å². The first-order valence-electron chi connectivity index (χ1n) is 14.0. The Morgan fingerprint density at radius 3 is 2.02 bits per heavy atom. The molecular weight excluding hydrogens is 536 g/mol. The number of carbonyl (C=O) groups excluding carboxylic acids is 4. The first kappa shape index (κ1) is 30.4. The van der Waals surface area contributed by atoms with E-state index in [0.717, 1.165) is 21.2 Å². The SMILES string of the molecule is CNC(=O)[C@H](Cc1ccc2ccccc2c1)NC(=O)[C@H](CC(C)C)NC(CCN1C(=O)c2ccccc2C1=O)C(=O)O. The molecular formula is C32H36N4O6. The minimum absolute atomic E-state index is 0.0258. The van der Waals surface area contributed by atoms with Crippen molar-refractivity contribution in [2.75, 3.05) is 13.6 Å². The minimum Gasteiger partial charge on any atom is -0.480 e. The second-order valence-electron chi connectivity index (χ2n) is 10.9. The van der Waals surface area contributed by atoms with Crippen LogP contribution in [0.5, 0.6) is 0 Å². The van der Waals surface area contributed by atoms with Crippen LogP contribution in [-0.4, -0.2) is 71.3 Å². The van der Waals surface area contributed by atoms with Gasteiger partial charge in [-0.1, -0.05) is 68.4 Å². The Hall–Kier alpha value is -4.57. The van der Waals surface area contributed by atoms with Crippen LogP contribution in [0.3, 0.4) is 0 Å². The molecule has 0 saturated carbocycles. The van der Waals surface area contributed by atoms with E-state index < -0.39 is 41.8 Å². The lowest BCUT2D eigenvalue weighted by Crippen LogP contribution is -2.56. The number of nitrogens with one attached hydrogen (secondary N) is 3. The van der Waals surface area contributed by atoms with Crippen molar-refractivity contribution in [1.82, 2.24) is 20.9 Å². The van der Waals surface area contributed by atoms with Crippen molar-refractivity contribution in [1.29, 1.82) is 0 Å². The highest BCUT2D eigenvalue weighted by Gasteiger charge is 2.36. The second kappa shape index (κ2) is 13.4. The lowest BCUT2D eigenvalue weighted by atomic mass is 9.99. The molecule has 1 unspecified atom stereocenters. The zero-order valence-corrected chi connectivity index (χ0v) is 23.9. The Morgan fingerprint density at radius 1 is 0.810 bits per heavy atom. The number of aliphatic carboxylic acids is 1. The molecule has 0 aromatic heterocycles. The zero-order valence-electron chi connectivity index (χ0n) is 23.9. The molecule has 1 aliphatic rings. The number of imide groups is 1. The number of carboxylic acid groups (broad SMARTS) is 1. The summed E-state index contributed by atoms with van der Waals surface area (Å²) in [5, 5.41) is 20.4. The summed E-state index contributed by atoms with van der Waals surface area (Å²) in [4.78, 5) is 65.0. The normalized spacial score (nSPS) is 14.9. The average molecular weight is 573 g/mol. The number of likely N-dealkylation sites (N-methyl/N-ethyl adjacent to an activating group) is 1. The fraction of sp³-hybridized carbons (Fsp3) is 0.344. The summed E-state index contributed by atoms with van der Waals surface area (Å²) in [5.41, 5.74) is 1.43. The zero-order chi connectivity index (χ0) is 30.4. The number of benzene rings is 3. The van der Waals surface area contributed by atoms with Gasteiger partial charge in [-0.15, -0.1) is 0 Å². The number of nitrogens with zero attached hydrogens (tertiary/aromatic N) is 1. The van der Waals surface area contributed by atoms with E-state index in [4.69, 9.17) is 0 Å². The van der Waals surface area contributed by atoms with E-state index in [1.165, 1.54) is 7.05 Å². The summed E-state index contributed by atoms with van der Waals surface area (Å²) in [7, 11) is 1.49. The largest absolute Gasteiger partial charge is 0.480 e. The van der Waals surface area contributed by atoms with E-state index in [0.29, 0.717) is 6.42 Å². The van der Waals surface area contributed by atoms with Crippen LogP contribution < -0.4 is 16.0 Å².